The van der Waals surface area contributed by atoms with Crippen LogP contribution in [0.2, 0.25) is 5.02 Å². The number of thiophene rings is 1. The van der Waals surface area contributed by atoms with Gasteiger partial charge in [-0.05, 0) is 52.8 Å². The molecule has 1 aliphatic heterocycles. The van der Waals surface area contributed by atoms with E-state index in [-0.39, 0.29) is 5.41 Å². The van der Waals surface area contributed by atoms with Crippen molar-refractivity contribution in [2.24, 2.45) is 4.99 Å². The van der Waals surface area contributed by atoms with Crippen LogP contribution in [0.1, 0.15) is 36.8 Å². The number of hydrogen-bond donors (Lipinski definition) is 2. The molecule has 0 aliphatic carbocycles. The second-order valence-electron chi connectivity index (χ2n) is 7.14. The van der Waals surface area contributed by atoms with Gasteiger partial charge in [-0.25, -0.2) is 0 Å². The highest BCUT2D eigenvalue weighted by Crippen LogP contribution is 2.38. The lowest BCUT2D eigenvalue weighted by atomic mass is 9.74. The van der Waals surface area contributed by atoms with E-state index in [1.54, 1.807) is 11.3 Å². The fourth-order valence-electron chi connectivity index (χ4n) is 3.59. The predicted molar refractivity (Wildman–Crippen MR) is 115 cm³/mol. The molecule has 0 bridgehead atoms. The van der Waals surface area contributed by atoms with Crippen LogP contribution in [0.15, 0.2) is 46.1 Å². The van der Waals surface area contributed by atoms with Crippen molar-refractivity contribution in [2.75, 3.05) is 33.4 Å². The molecule has 4 nitrogen and oxygen atoms in total. The number of hydrogen-bond acceptors (Lipinski definition) is 3. The molecule has 1 aromatic carbocycles. The molecule has 146 valence electrons. The summed E-state index contributed by atoms with van der Waals surface area (Å²) < 4.78 is 5.62. The van der Waals surface area contributed by atoms with E-state index in [0.29, 0.717) is 5.92 Å². The van der Waals surface area contributed by atoms with Gasteiger partial charge < -0.3 is 15.4 Å². The van der Waals surface area contributed by atoms with Crippen molar-refractivity contribution in [1.29, 1.82) is 0 Å². The van der Waals surface area contributed by atoms with Gasteiger partial charge in [0.25, 0.3) is 0 Å². The fourth-order valence-corrected chi connectivity index (χ4v) is 4.71. The monoisotopic (exact) mass is 405 g/mol. The van der Waals surface area contributed by atoms with Crippen LogP contribution in [0.25, 0.3) is 0 Å². The van der Waals surface area contributed by atoms with Gasteiger partial charge in [-0.3, -0.25) is 4.99 Å². The summed E-state index contributed by atoms with van der Waals surface area (Å²) in [5, 5.41) is 12.1. The summed E-state index contributed by atoms with van der Waals surface area (Å²) >= 11 is 8.28. The zero-order valence-electron chi connectivity index (χ0n) is 16.0. The molecule has 1 saturated heterocycles. The predicted octanol–water partition coefficient (Wildman–Crippen LogP) is 4.42. The van der Waals surface area contributed by atoms with Gasteiger partial charge in [0.1, 0.15) is 0 Å². The van der Waals surface area contributed by atoms with E-state index in [9.17, 15) is 0 Å². The van der Waals surface area contributed by atoms with E-state index in [4.69, 9.17) is 16.3 Å². The van der Waals surface area contributed by atoms with E-state index in [1.807, 2.05) is 19.2 Å². The van der Waals surface area contributed by atoms with E-state index in [0.717, 1.165) is 50.1 Å². The highest BCUT2D eigenvalue weighted by Gasteiger charge is 2.36. The van der Waals surface area contributed by atoms with Crippen molar-refractivity contribution in [3.05, 3.63) is 57.2 Å². The summed E-state index contributed by atoms with van der Waals surface area (Å²) in [4.78, 5) is 4.41. The SMILES string of the molecule is CN=C(NCC(C)c1ccsc1)NCC1(c2ccccc2Cl)CCOCC1. The summed E-state index contributed by atoms with van der Waals surface area (Å²) in [7, 11) is 1.82. The lowest BCUT2D eigenvalue weighted by molar-refractivity contribution is 0.0514. The molecule has 6 heteroatoms. The maximum Gasteiger partial charge on any atom is 0.191 e. The Balaban J connectivity index is 1.64. The first-order chi connectivity index (χ1) is 13.1. The molecule has 2 N–H and O–H groups in total. The van der Waals surface area contributed by atoms with Crippen molar-refractivity contribution in [1.82, 2.24) is 10.6 Å². The van der Waals surface area contributed by atoms with Gasteiger partial charge in [-0.1, -0.05) is 36.7 Å². The standard InChI is InChI=1S/C21H28ClN3OS/c1-16(17-7-12-27-14-17)13-24-20(23-2)25-15-21(8-10-26-11-9-21)18-5-3-4-6-19(18)22/h3-7,12,14,16H,8-11,13,15H2,1-2H3,(H2,23,24,25). The second-order valence-corrected chi connectivity index (χ2v) is 8.32. The van der Waals surface area contributed by atoms with Crippen LogP contribution >= 0.6 is 22.9 Å². The Hall–Kier alpha value is -1.56. The summed E-state index contributed by atoms with van der Waals surface area (Å²) in [5.41, 5.74) is 2.53. The number of rotatable bonds is 6. The number of nitrogens with zero attached hydrogens (tertiary/aromatic N) is 1. The van der Waals surface area contributed by atoms with Crippen molar-refractivity contribution >= 4 is 28.9 Å². The molecule has 1 aromatic heterocycles. The average molecular weight is 406 g/mol. The summed E-state index contributed by atoms with van der Waals surface area (Å²) in [6.45, 7) is 5.37. The quantitative estimate of drug-likeness (QED) is 0.552. The molecule has 27 heavy (non-hydrogen) atoms. The maximum absolute atomic E-state index is 6.54. The largest absolute Gasteiger partial charge is 0.381 e. The van der Waals surface area contributed by atoms with Gasteiger partial charge in [-0.2, -0.15) is 11.3 Å². The maximum atomic E-state index is 6.54. The fraction of sp³-hybridized carbons (Fsp3) is 0.476. The Bertz CT molecular complexity index is 742. The Morgan fingerprint density at radius 1 is 1.26 bits per heavy atom. The minimum absolute atomic E-state index is 0.0345. The number of nitrogens with one attached hydrogen (secondary N) is 2. The van der Waals surface area contributed by atoms with E-state index in [2.05, 4.69) is 51.5 Å². The van der Waals surface area contributed by atoms with Gasteiger partial charge in [0, 0.05) is 43.8 Å². The highest BCUT2D eigenvalue weighted by molar-refractivity contribution is 7.07. The molecular formula is C21H28ClN3OS. The van der Waals surface area contributed by atoms with Crippen molar-refractivity contribution in [2.45, 2.75) is 31.1 Å². The van der Waals surface area contributed by atoms with Crippen LogP contribution < -0.4 is 10.6 Å². The number of benzene rings is 1. The van der Waals surface area contributed by atoms with Crippen LogP contribution in [0.5, 0.6) is 0 Å². The van der Waals surface area contributed by atoms with Gasteiger partial charge >= 0.3 is 0 Å². The van der Waals surface area contributed by atoms with E-state index < -0.39 is 0 Å². The number of halogens is 1. The van der Waals surface area contributed by atoms with Crippen LogP contribution in [0.4, 0.5) is 0 Å². The molecule has 0 spiro atoms. The zero-order chi connectivity index (χ0) is 19.1. The second kappa shape index (κ2) is 9.58. The number of guanidine groups is 1. The summed E-state index contributed by atoms with van der Waals surface area (Å²) in [6, 6.07) is 10.3. The molecule has 0 radical (unpaired) electrons. The molecule has 2 heterocycles. The Labute approximate surface area is 171 Å². The van der Waals surface area contributed by atoms with E-state index >= 15 is 0 Å². The third-order valence-corrected chi connectivity index (χ3v) is 6.43. The molecule has 2 aromatic rings. The molecule has 1 unspecified atom stereocenters. The average Bonchev–Trinajstić information content (AvgIpc) is 3.24. The smallest absolute Gasteiger partial charge is 0.191 e. The zero-order valence-corrected chi connectivity index (χ0v) is 17.6. The topological polar surface area (TPSA) is 45.7 Å². The first kappa shape index (κ1) is 20.2. The minimum atomic E-state index is -0.0345. The molecule has 3 rings (SSSR count). The third kappa shape index (κ3) is 5.03. The van der Waals surface area contributed by atoms with E-state index in [1.165, 1.54) is 11.1 Å². The van der Waals surface area contributed by atoms with Gasteiger partial charge in [-0.15, -0.1) is 0 Å². The van der Waals surface area contributed by atoms with Crippen LogP contribution in [-0.2, 0) is 10.2 Å². The summed E-state index contributed by atoms with van der Waals surface area (Å²) in [6.07, 6.45) is 1.90. The van der Waals surface area contributed by atoms with Crippen LogP contribution in [0.3, 0.4) is 0 Å². The van der Waals surface area contributed by atoms with Gasteiger partial charge in [0.15, 0.2) is 5.96 Å². The molecule has 1 atom stereocenters. The summed E-state index contributed by atoms with van der Waals surface area (Å²) in [5.74, 6) is 1.27. The number of aliphatic imine (C=N–C) groups is 1. The molecular weight excluding hydrogens is 378 g/mol. The first-order valence-corrected chi connectivity index (χ1v) is 10.8. The van der Waals surface area contributed by atoms with Crippen molar-refractivity contribution < 1.29 is 4.74 Å². The van der Waals surface area contributed by atoms with Gasteiger partial charge in [0.2, 0.25) is 0 Å². The van der Waals surface area contributed by atoms with Crippen LogP contribution in [-0.4, -0.2) is 39.3 Å². The third-order valence-electron chi connectivity index (χ3n) is 5.40. The number of ether oxygens (including phenoxy) is 1. The normalized spacial score (nSPS) is 18.1. The first-order valence-electron chi connectivity index (χ1n) is 9.44. The van der Waals surface area contributed by atoms with Crippen LogP contribution in [0, 0.1) is 0 Å². The Kier molecular flexibility index (Phi) is 7.16. The molecule has 0 amide bonds. The molecule has 1 aliphatic rings. The highest BCUT2D eigenvalue weighted by atomic mass is 35.5. The Morgan fingerprint density at radius 3 is 2.70 bits per heavy atom. The van der Waals surface area contributed by atoms with Crippen molar-refractivity contribution in [3.8, 4) is 0 Å². The van der Waals surface area contributed by atoms with Crippen molar-refractivity contribution in [3.63, 3.8) is 0 Å². The lowest BCUT2D eigenvalue weighted by Crippen LogP contribution is -2.48. The van der Waals surface area contributed by atoms with Gasteiger partial charge in [0.05, 0.1) is 0 Å². The minimum Gasteiger partial charge on any atom is -0.381 e. The molecule has 0 saturated carbocycles. The molecule has 1 fully saturated rings. The lowest BCUT2D eigenvalue weighted by Gasteiger charge is -2.38. The Morgan fingerprint density at radius 2 is 2.04 bits per heavy atom.